The summed E-state index contributed by atoms with van der Waals surface area (Å²) in [7, 11) is 0. The summed E-state index contributed by atoms with van der Waals surface area (Å²) >= 11 is 1.28. The van der Waals surface area contributed by atoms with Crippen molar-refractivity contribution >= 4 is 29.1 Å². The van der Waals surface area contributed by atoms with Crippen LogP contribution in [0.1, 0.15) is 38.3 Å². The molecule has 1 fully saturated rings. The van der Waals surface area contributed by atoms with Gasteiger partial charge in [0, 0.05) is 18.8 Å². The molecule has 1 aromatic heterocycles. The van der Waals surface area contributed by atoms with Gasteiger partial charge in [0.05, 0.1) is 35.6 Å². The third-order valence-corrected chi connectivity index (χ3v) is 8.13. The van der Waals surface area contributed by atoms with Crippen molar-refractivity contribution < 1.29 is 19.4 Å². The minimum Gasteiger partial charge on any atom is -0.494 e. The number of rotatable bonds is 7. The second-order valence-electron chi connectivity index (χ2n) is 9.27. The van der Waals surface area contributed by atoms with Crippen LogP contribution in [0.4, 0.5) is 5.69 Å². The van der Waals surface area contributed by atoms with Gasteiger partial charge < -0.3 is 19.5 Å². The van der Waals surface area contributed by atoms with Crippen molar-refractivity contribution in [2.45, 2.75) is 32.7 Å². The monoisotopic (exact) mass is 533 g/mol. The van der Waals surface area contributed by atoms with Gasteiger partial charge in [-0.05, 0) is 61.7 Å². The summed E-state index contributed by atoms with van der Waals surface area (Å²) in [5.74, 6) is -0.400. The molecule has 9 heteroatoms. The van der Waals surface area contributed by atoms with E-state index in [1.165, 1.54) is 11.3 Å². The minimum atomic E-state index is -1.20. The lowest BCUT2D eigenvalue weighted by atomic mass is 9.78. The largest absolute Gasteiger partial charge is 0.494 e. The normalized spacial score (nSPS) is 19.8. The van der Waals surface area contributed by atoms with Crippen LogP contribution in [0.25, 0.3) is 6.08 Å². The first-order valence-electron chi connectivity index (χ1n) is 12.8. The van der Waals surface area contributed by atoms with Crippen LogP contribution < -0.4 is 24.5 Å². The number of hydrogen-bond donors (Lipinski definition) is 1. The molecule has 1 unspecified atom stereocenters. The van der Waals surface area contributed by atoms with Crippen molar-refractivity contribution in [2.24, 2.45) is 4.99 Å². The highest BCUT2D eigenvalue weighted by atomic mass is 32.1. The molecule has 1 saturated heterocycles. The van der Waals surface area contributed by atoms with Crippen molar-refractivity contribution in [1.29, 1.82) is 0 Å². The van der Waals surface area contributed by atoms with E-state index in [0.29, 0.717) is 52.6 Å². The van der Waals surface area contributed by atoms with E-state index in [1.807, 2.05) is 56.3 Å². The van der Waals surface area contributed by atoms with Crippen molar-refractivity contribution in [3.05, 3.63) is 90.6 Å². The SMILES string of the molecule is CCOc1ccc(C2(CC)C(C(=O)O)=C(C)N=c3s/c(=C\c4ccc(N5CCOCC5)cc4)c(=O)n32)cc1. The predicted molar refractivity (Wildman–Crippen MR) is 148 cm³/mol. The van der Waals surface area contributed by atoms with Gasteiger partial charge >= 0.3 is 5.97 Å². The number of thiazole rings is 1. The molecule has 0 aliphatic carbocycles. The van der Waals surface area contributed by atoms with E-state index in [2.05, 4.69) is 22.0 Å². The Balaban J connectivity index is 1.64. The molecule has 1 N–H and O–H groups in total. The van der Waals surface area contributed by atoms with Gasteiger partial charge in [-0.1, -0.05) is 42.5 Å². The van der Waals surface area contributed by atoms with Gasteiger partial charge in [-0.15, -0.1) is 0 Å². The van der Waals surface area contributed by atoms with Gasteiger partial charge in [0.15, 0.2) is 4.80 Å². The number of hydrogen-bond acceptors (Lipinski definition) is 7. The molecular formula is C29H31N3O5S. The molecule has 0 spiro atoms. The van der Waals surface area contributed by atoms with Crippen LogP contribution in [0.2, 0.25) is 0 Å². The summed E-state index contributed by atoms with van der Waals surface area (Å²) in [5.41, 5.74) is 1.77. The molecule has 38 heavy (non-hydrogen) atoms. The lowest BCUT2D eigenvalue weighted by molar-refractivity contribution is -0.133. The fraction of sp³-hybridized carbons (Fsp3) is 0.345. The first-order valence-corrected chi connectivity index (χ1v) is 13.6. The number of fused-ring (bicyclic) bond motifs is 1. The second-order valence-corrected chi connectivity index (χ2v) is 10.3. The fourth-order valence-electron chi connectivity index (χ4n) is 5.39. The molecular weight excluding hydrogens is 502 g/mol. The van der Waals surface area contributed by atoms with Gasteiger partial charge in [-0.25, -0.2) is 9.79 Å². The Bertz CT molecular complexity index is 1550. The third-order valence-electron chi connectivity index (χ3n) is 7.16. The number of morpholine rings is 1. The lowest BCUT2D eigenvalue weighted by Gasteiger charge is -2.37. The van der Waals surface area contributed by atoms with Crippen LogP contribution in [0, 0.1) is 0 Å². The smallest absolute Gasteiger partial charge is 0.336 e. The molecule has 198 valence electrons. The highest BCUT2D eigenvalue weighted by molar-refractivity contribution is 7.07. The number of anilines is 1. The molecule has 0 saturated carbocycles. The molecule has 1 atom stereocenters. The Morgan fingerprint density at radius 3 is 2.42 bits per heavy atom. The van der Waals surface area contributed by atoms with Crippen molar-refractivity contribution in [3.8, 4) is 5.75 Å². The minimum absolute atomic E-state index is 0.109. The van der Waals surface area contributed by atoms with Crippen LogP contribution in [0.3, 0.4) is 0 Å². The van der Waals surface area contributed by atoms with E-state index in [-0.39, 0.29) is 11.1 Å². The second kappa shape index (κ2) is 10.6. The summed E-state index contributed by atoms with van der Waals surface area (Å²) in [6.45, 7) is 9.17. The Morgan fingerprint density at radius 1 is 1.13 bits per heavy atom. The molecule has 3 heterocycles. The zero-order valence-corrected chi connectivity index (χ0v) is 22.6. The molecule has 0 amide bonds. The lowest BCUT2D eigenvalue weighted by Crippen LogP contribution is -2.52. The average molecular weight is 534 g/mol. The van der Waals surface area contributed by atoms with Crippen LogP contribution in [0.15, 0.2) is 69.6 Å². The van der Waals surface area contributed by atoms with E-state index < -0.39 is 11.5 Å². The van der Waals surface area contributed by atoms with Gasteiger partial charge in [0.1, 0.15) is 11.3 Å². The van der Waals surface area contributed by atoms with Gasteiger partial charge in [-0.2, -0.15) is 0 Å². The van der Waals surface area contributed by atoms with E-state index >= 15 is 0 Å². The van der Waals surface area contributed by atoms with Crippen LogP contribution in [0.5, 0.6) is 5.75 Å². The molecule has 5 rings (SSSR count). The number of carboxylic acid groups (broad SMARTS) is 1. The van der Waals surface area contributed by atoms with Gasteiger partial charge in [0.25, 0.3) is 5.56 Å². The first kappa shape index (κ1) is 25.9. The average Bonchev–Trinajstić information content (AvgIpc) is 3.23. The number of carboxylic acids is 1. The first-order chi connectivity index (χ1) is 18.4. The maximum absolute atomic E-state index is 13.9. The number of aliphatic carboxylic acids is 1. The number of nitrogens with zero attached hydrogens (tertiary/aromatic N) is 3. The van der Waals surface area contributed by atoms with E-state index in [0.717, 1.165) is 24.3 Å². The third kappa shape index (κ3) is 4.46. The Kier molecular flexibility index (Phi) is 7.23. The molecule has 0 bridgehead atoms. The van der Waals surface area contributed by atoms with E-state index in [4.69, 9.17) is 9.47 Å². The molecule has 2 aliphatic rings. The number of aromatic nitrogens is 1. The molecule has 8 nitrogen and oxygen atoms in total. The number of benzene rings is 2. The van der Waals surface area contributed by atoms with Crippen molar-refractivity contribution in [2.75, 3.05) is 37.8 Å². The highest BCUT2D eigenvalue weighted by Gasteiger charge is 2.45. The van der Waals surface area contributed by atoms with Crippen molar-refractivity contribution in [3.63, 3.8) is 0 Å². The van der Waals surface area contributed by atoms with Gasteiger partial charge in [-0.3, -0.25) is 9.36 Å². The summed E-state index contributed by atoms with van der Waals surface area (Å²) in [4.78, 5) is 33.9. The highest BCUT2D eigenvalue weighted by Crippen LogP contribution is 2.40. The predicted octanol–water partition coefficient (Wildman–Crippen LogP) is 3.12. The van der Waals surface area contributed by atoms with Crippen LogP contribution in [-0.2, 0) is 15.1 Å². The zero-order chi connectivity index (χ0) is 26.9. The molecule has 2 aromatic carbocycles. The Labute approximate surface area is 224 Å². The Morgan fingerprint density at radius 2 is 1.82 bits per heavy atom. The van der Waals surface area contributed by atoms with Crippen molar-refractivity contribution in [1.82, 2.24) is 4.57 Å². The number of allylic oxidation sites excluding steroid dienone is 1. The Hall–Kier alpha value is -3.69. The fourth-order valence-corrected chi connectivity index (χ4v) is 6.47. The van der Waals surface area contributed by atoms with Crippen LogP contribution >= 0.6 is 11.3 Å². The maximum atomic E-state index is 13.9. The summed E-state index contributed by atoms with van der Waals surface area (Å²) in [6, 6.07) is 15.4. The van der Waals surface area contributed by atoms with Gasteiger partial charge in [0.2, 0.25) is 0 Å². The molecule has 3 aromatic rings. The molecule has 0 radical (unpaired) electrons. The number of carbonyl (C=O) groups is 1. The summed E-state index contributed by atoms with van der Waals surface area (Å²) in [6.07, 6.45) is 2.22. The van der Waals surface area contributed by atoms with Crippen LogP contribution in [-0.4, -0.2) is 48.6 Å². The van der Waals surface area contributed by atoms with E-state index in [1.54, 1.807) is 11.5 Å². The maximum Gasteiger partial charge on any atom is 0.336 e. The van der Waals surface area contributed by atoms with E-state index in [9.17, 15) is 14.7 Å². The topological polar surface area (TPSA) is 93.4 Å². The number of ether oxygens (including phenoxy) is 2. The zero-order valence-electron chi connectivity index (χ0n) is 21.8. The molecule has 2 aliphatic heterocycles. The summed E-state index contributed by atoms with van der Waals surface area (Å²) in [5, 5.41) is 10.3. The summed E-state index contributed by atoms with van der Waals surface area (Å²) < 4.78 is 13.1. The quantitative estimate of drug-likeness (QED) is 0.502. The standard InChI is InChI=1S/C29H31N3O5S/c1-4-29(21-8-12-23(13-9-21)37-5-2)25(27(34)35)19(3)30-28-32(29)26(33)24(38-28)18-20-6-10-22(11-7-20)31-14-16-36-17-15-31/h6-13,18H,4-5,14-17H2,1-3H3,(H,34,35)/b24-18-.